The SMILES string of the molecule is CCCCn1cc[n+](C)c1.CCCCn1cc[n+](C)c1.[C-]#N.[C-]#N. The largest absolute Gasteiger partial charge is 0.512 e. The fourth-order valence-electron chi connectivity index (χ4n) is 1.95. The van der Waals surface area contributed by atoms with E-state index < -0.39 is 0 Å². The first-order chi connectivity index (χ1) is 11.7. The van der Waals surface area contributed by atoms with Crippen LogP contribution in [0, 0.1) is 23.7 Å². The first-order valence-electron chi connectivity index (χ1n) is 8.12. The molecule has 0 aliphatic carbocycles. The second kappa shape index (κ2) is 16.8. The van der Waals surface area contributed by atoms with Gasteiger partial charge in [0.1, 0.15) is 24.8 Å². The summed E-state index contributed by atoms with van der Waals surface area (Å²) in [6.45, 7) is 16.2. The molecule has 6 nitrogen and oxygen atoms in total. The number of hydrogen-bond donors (Lipinski definition) is 0. The number of hydrogen-bond acceptors (Lipinski definition) is 2. The van der Waals surface area contributed by atoms with Gasteiger partial charge in [0.15, 0.2) is 0 Å². The molecule has 2 rings (SSSR count). The van der Waals surface area contributed by atoms with Crippen molar-refractivity contribution >= 4 is 0 Å². The Hall–Kier alpha value is -2.60. The van der Waals surface area contributed by atoms with E-state index in [1.165, 1.54) is 25.7 Å². The third-order valence-corrected chi connectivity index (χ3v) is 3.19. The van der Waals surface area contributed by atoms with Crippen molar-refractivity contribution in [3.05, 3.63) is 50.6 Å². The molecule has 2 aromatic rings. The molecule has 0 atom stereocenters. The van der Waals surface area contributed by atoms with E-state index >= 15 is 0 Å². The number of unbranched alkanes of at least 4 members (excludes halogenated alkanes) is 2. The second-order valence-electron chi connectivity index (χ2n) is 5.34. The van der Waals surface area contributed by atoms with Gasteiger partial charge < -0.3 is 23.7 Å². The maximum absolute atomic E-state index is 6.25. The average Bonchev–Trinajstić information content (AvgIpc) is 3.23. The maximum atomic E-state index is 6.25. The molecule has 2 heterocycles. The van der Waals surface area contributed by atoms with Crippen LogP contribution in [-0.2, 0) is 27.2 Å². The highest BCUT2D eigenvalue weighted by atomic mass is 15.1. The first kappa shape index (κ1) is 23.7. The van der Waals surface area contributed by atoms with E-state index in [9.17, 15) is 0 Å². The molecule has 0 fully saturated rings. The van der Waals surface area contributed by atoms with Crippen molar-refractivity contribution in [2.75, 3.05) is 0 Å². The highest BCUT2D eigenvalue weighted by molar-refractivity contribution is 4.65. The average molecular weight is 330 g/mol. The second-order valence-corrected chi connectivity index (χ2v) is 5.34. The summed E-state index contributed by atoms with van der Waals surface area (Å²) in [6, 6.07) is 0. The lowest BCUT2D eigenvalue weighted by Gasteiger charge is -1.90. The molecule has 0 aliphatic heterocycles. The highest BCUT2D eigenvalue weighted by Gasteiger charge is 1.97. The van der Waals surface area contributed by atoms with E-state index in [1.54, 1.807) is 0 Å². The molecule has 24 heavy (non-hydrogen) atoms. The summed E-state index contributed by atoms with van der Waals surface area (Å²) in [6.07, 6.45) is 17.6. The molecule has 0 bridgehead atoms. The zero-order valence-electron chi connectivity index (χ0n) is 15.4. The molecule has 6 heteroatoms. The molecule has 2 aromatic heterocycles. The Kier molecular flexibility index (Phi) is 16.5. The van der Waals surface area contributed by atoms with Crippen molar-refractivity contribution in [1.82, 2.24) is 9.13 Å². The van der Waals surface area contributed by atoms with Gasteiger partial charge in [-0.1, -0.05) is 26.7 Å². The molecule has 0 N–H and O–H groups in total. The predicted molar refractivity (Wildman–Crippen MR) is 91.0 cm³/mol. The number of aryl methyl sites for hydroxylation is 4. The van der Waals surface area contributed by atoms with Crippen molar-refractivity contribution in [3.63, 3.8) is 0 Å². The van der Waals surface area contributed by atoms with Gasteiger partial charge in [-0.3, -0.25) is 0 Å². The summed E-state index contributed by atoms with van der Waals surface area (Å²) in [7, 11) is 4.09. The fourth-order valence-corrected chi connectivity index (χ4v) is 1.95. The molecular weight excluding hydrogens is 300 g/mol. The van der Waals surface area contributed by atoms with Gasteiger partial charge in [-0.25, -0.2) is 18.3 Å². The summed E-state index contributed by atoms with van der Waals surface area (Å²) in [5.74, 6) is 0. The fraction of sp³-hybridized carbons (Fsp3) is 0.556. The zero-order valence-corrected chi connectivity index (χ0v) is 15.4. The highest BCUT2D eigenvalue weighted by Crippen LogP contribution is 1.92. The summed E-state index contributed by atoms with van der Waals surface area (Å²) >= 11 is 0. The molecule has 0 saturated carbocycles. The van der Waals surface area contributed by atoms with E-state index in [2.05, 4.69) is 69.6 Å². The Morgan fingerprint density at radius 3 is 1.29 bits per heavy atom. The molecule has 0 amide bonds. The van der Waals surface area contributed by atoms with Crippen LogP contribution in [0.5, 0.6) is 0 Å². The zero-order chi connectivity index (χ0) is 18.8. The van der Waals surface area contributed by atoms with E-state index in [0.29, 0.717) is 0 Å². The summed E-state index contributed by atoms with van der Waals surface area (Å²) in [5.41, 5.74) is 0. The van der Waals surface area contributed by atoms with Crippen LogP contribution in [0.2, 0.25) is 0 Å². The van der Waals surface area contributed by atoms with E-state index in [-0.39, 0.29) is 0 Å². The van der Waals surface area contributed by atoms with E-state index in [0.717, 1.165) is 13.1 Å². The standard InChI is InChI=1S/2C8H15N2.2CN/c2*1-3-4-5-10-7-6-9(2)8-10;2*1-2/h2*6-8H,3-5H2,1-2H3;;/q2*+1;2*-1. The number of imidazole rings is 2. The minimum absolute atomic E-state index is 1.15. The van der Waals surface area contributed by atoms with Crippen molar-refractivity contribution in [3.8, 4) is 0 Å². The van der Waals surface area contributed by atoms with E-state index in [4.69, 9.17) is 23.7 Å². The Morgan fingerprint density at radius 1 is 0.750 bits per heavy atom. The Balaban J connectivity index is 0. The molecule has 0 unspecified atom stereocenters. The van der Waals surface area contributed by atoms with Gasteiger partial charge in [-0.2, -0.15) is 0 Å². The molecular formula is C18H30N6. The van der Waals surface area contributed by atoms with Crippen molar-refractivity contribution in [1.29, 1.82) is 10.5 Å². The molecule has 0 saturated heterocycles. The van der Waals surface area contributed by atoms with Crippen LogP contribution in [-0.4, -0.2) is 9.13 Å². The number of rotatable bonds is 6. The molecule has 0 aromatic carbocycles. The molecule has 132 valence electrons. The van der Waals surface area contributed by atoms with Crippen LogP contribution in [0.4, 0.5) is 0 Å². The minimum atomic E-state index is 1.15. The van der Waals surface area contributed by atoms with Gasteiger partial charge in [0.05, 0.1) is 27.2 Å². The van der Waals surface area contributed by atoms with Gasteiger partial charge >= 0.3 is 0 Å². The number of aromatic nitrogens is 4. The lowest BCUT2D eigenvalue weighted by molar-refractivity contribution is -0.671. The van der Waals surface area contributed by atoms with Crippen molar-refractivity contribution in [2.24, 2.45) is 14.1 Å². The normalized spacial score (nSPS) is 8.67. The van der Waals surface area contributed by atoms with Crippen LogP contribution >= 0.6 is 0 Å². The molecule has 0 aliphatic rings. The van der Waals surface area contributed by atoms with Crippen molar-refractivity contribution in [2.45, 2.75) is 52.6 Å². The smallest absolute Gasteiger partial charge is 0.243 e. The van der Waals surface area contributed by atoms with E-state index in [1.807, 2.05) is 14.1 Å². The van der Waals surface area contributed by atoms with Gasteiger partial charge in [0, 0.05) is 0 Å². The van der Waals surface area contributed by atoms with Gasteiger partial charge in [-0.15, -0.1) is 0 Å². The summed E-state index contributed by atoms with van der Waals surface area (Å²) in [5, 5.41) is 12.5. The van der Waals surface area contributed by atoms with Crippen LogP contribution in [0.15, 0.2) is 37.4 Å². The topological polar surface area (TPSA) is 65.2 Å². The van der Waals surface area contributed by atoms with Crippen LogP contribution < -0.4 is 9.13 Å². The van der Waals surface area contributed by atoms with Crippen molar-refractivity contribution < 1.29 is 9.13 Å². The van der Waals surface area contributed by atoms with Crippen LogP contribution in [0.3, 0.4) is 0 Å². The minimum Gasteiger partial charge on any atom is -0.512 e. The summed E-state index contributed by atoms with van der Waals surface area (Å²) in [4.78, 5) is 0. The Morgan fingerprint density at radius 2 is 1.08 bits per heavy atom. The predicted octanol–water partition coefficient (Wildman–Crippen LogP) is 2.42. The molecule has 0 radical (unpaired) electrons. The van der Waals surface area contributed by atoms with Gasteiger partial charge in [0.25, 0.3) is 0 Å². The Bertz CT molecular complexity index is 500. The summed E-state index contributed by atoms with van der Waals surface area (Å²) < 4.78 is 8.55. The first-order valence-corrected chi connectivity index (χ1v) is 8.12. The third kappa shape index (κ3) is 12.0. The molecule has 0 spiro atoms. The monoisotopic (exact) mass is 330 g/mol. The third-order valence-electron chi connectivity index (χ3n) is 3.19. The lowest BCUT2D eigenvalue weighted by Crippen LogP contribution is -2.23. The van der Waals surface area contributed by atoms with Gasteiger partial charge in [0.2, 0.25) is 12.7 Å². The lowest BCUT2D eigenvalue weighted by atomic mass is 10.3. The Labute approximate surface area is 146 Å². The van der Waals surface area contributed by atoms with Crippen LogP contribution in [0.25, 0.3) is 0 Å². The quantitative estimate of drug-likeness (QED) is 0.603. The maximum Gasteiger partial charge on any atom is 0.243 e. The number of nitrogens with zero attached hydrogens (tertiary/aromatic N) is 6. The van der Waals surface area contributed by atoms with Crippen LogP contribution in [0.1, 0.15) is 39.5 Å². The van der Waals surface area contributed by atoms with Gasteiger partial charge in [-0.05, 0) is 12.8 Å².